The van der Waals surface area contributed by atoms with Gasteiger partial charge in [-0.1, -0.05) is 109 Å². The van der Waals surface area contributed by atoms with Crippen LogP contribution in [0.5, 0.6) is 11.5 Å². The molecule has 7 rings (SSSR count). The molecule has 0 unspecified atom stereocenters. The Morgan fingerprint density at radius 2 is 1.25 bits per heavy atom. The van der Waals surface area contributed by atoms with Crippen molar-refractivity contribution in [3.63, 3.8) is 0 Å². The Labute approximate surface area is 308 Å². The van der Waals surface area contributed by atoms with E-state index in [1.165, 1.54) is 15.0 Å². The third-order valence-electron chi connectivity index (χ3n) is 9.31. The van der Waals surface area contributed by atoms with E-state index in [2.05, 4.69) is 36.4 Å². The van der Waals surface area contributed by atoms with Crippen molar-refractivity contribution in [2.75, 3.05) is 20.8 Å². The second-order valence-corrected chi connectivity index (χ2v) is 14.1. The number of methoxy groups -OCH3 is 2. The first-order chi connectivity index (χ1) is 25.6. The average Bonchev–Trinajstić information content (AvgIpc) is 3.60. The maximum atomic E-state index is 16.7. The lowest BCUT2D eigenvalue weighted by Gasteiger charge is -2.44. The summed E-state index contributed by atoms with van der Waals surface area (Å²) in [5.74, 6) is 1.25. The Balaban J connectivity index is 1.31. The Hall–Kier alpha value is -4.57. The summed E-state index contributed by atoms with van der Waals surface area (Å²) in [5.41, 5.74) is 4.58. The van der Waals surface area contributed by atoms with Gasteiger partial charge in [0.1, 0.15) is 42.5 Å². The Morgan fingerprint density at radius 3 is 1.87 bits per heavy atom. The fraction of sp³-hybridized carbons (Fsp3) is 0.273. The van der Waals surface area contributed by atoms with Crippen molar-refractivity contribution in [2.45, 2.75) is 56.8 Å². The van der Waals surface area contributed by atoms with Crippen molar-refractivity contribution in [1.82, 2.24) is 0 Å². The van der Waals surface area contributed by atoms with E-state index in [9.17, 15) is 0 Å². The lowest BCUT2D eigenvalue weighted by molar-refractivity contribution is -0.247. The van der Waals surface area contributed by atoms with Crippen molar-refractivity contribution < 1.29 is 32.8 Å². The van der Waals surface area contributed by atoms with Crippen LogP contribution in [0.1, 0.15) is 38.8 Å². The number of halogens is 1. The van der Waals surface area contributed by atoms with Gasteiger partial charge in [0.15, 0.2) is 6.17 Å². The van der Waals surface area contributed by atoms with Crippen LogP contribution >= 0.6 is 11.3 Å². The first kappa shape index (κ1) is 35.8. The summed E-state index contributed by atoms with van der Waals surface area (Å²) in [4.78, 5) is 1.19. The second-order valence-electron chi connectivity index (χ2n) is 12.9. The largest absolute Gasteiger partial charge is 0.496 e. The number of ether oxygens (including phenoxy) is 6. The minimum Gasteiger partial charge on any atom is -0.496 e. The summed E-state index contributed by atoms with van der Waals surface area (Å²) in [7, 11) is 3.22. The van der Waals surface area contributed by atoms with Crippen LogP contribution in [0.15, 0.2) is 133 Å². The van der Waals surface area contributed by atoms with Gasteiger partial charge >= 0.3 is 0 Å². The van der Waals surface area contributed by atoms with Crippen molar-refractivity contribution in [3.05, 3.63) is 166 Å². The zero-order valence-electron chi connectivity index (χ0n) is 29.4. The summed E-state index contributed by atoms with van der Waals surface area (Å²) in [6, 6.07) is 44.2. The van der Waals surface area contributed by atoms with Crippen LogP contribution in [0.4, 0.5) is 4.39 Å². The first-order valence-electron chi connectivity index (χ1n) is 17.5. The van der Waals surface area contributed by atoms with Crippen LogP contribution in [0, 0.1) is 0 Å². The van der Waals surface area contributed by atoms with E-state index in [1.54, 1.807) is 25.6 Å². The van der Waals surface area contributed by atoms with Crippen molar-refractivity contribution in [3.8, 4) is 11.5 Å². The summed E-state index contributed by atoms with van der Waals surface area (Å²) in [6.45, 7) is 0.805. The van der Waals surface area contributed by atoms with Gasteiger partial charge in [0.25, 0.3) is 0 Å². The van der Waals surface area contributed by atoms with E-state index in [-0.39, 0.29) is 19.8 Å². The van der Waals surface area contributed by atoms with E-state index in [0.717, 1.165) is 27.8 Å². The minimum absolute atomic E-state index is 0.0409. The molecule has 0 bridgehead atoms. The number of benzene rings is 5. The third-order valence-corrected chi connectivity index (χ3v) is 10.4. The van der Waals surface area contributed by atoms with E-state index in [4.69, 9.17) is 28.4 Å². The normalized spacial score (nSPS) is 20.2. The highest BCUT2D eigenvalue weighted by molar-refractivity contribution is 7.19. The summed E-state index contributed by atoms with van der Waals surface area (Å²) in [5, 5.41) is 1.20. The van der Waals surface area contributed by atoms with E-state index >= 15 is 4.39 Å². The number of thiophene rings is 1. The molecule has 1 fully saturated rings. The molecule has 268 valence electrons. The Morgan fingerprint density at radius 1 is 0.654 bits per heavy atom. The number of fused-ring (bicyclic) bond motifs is 1. The minimum atomic E-state index is -1.52. The number of hydrogen-bond acceptors (Lipinski definition) is 7. The van der Waals surface area contributed by atoms with Gasteiger partial charge in [-0.25, -0.2) is 4.39 Å². The molecule has 0 spiro atoms. The molecule has 5 atom stereocenters. The zero-order chi connectivity index (χ0) is 35.7. The number of hydrogen-bond donors (Lipinski definition) is 0. The standard InChI is InChI=1S/C44H43FO6S/c1-46-29-39-41(45)43(49-27-31-16-8-4-9-17-31)44(50-28-32-18-10-5-11-19-32)42(51-39)36-24-34(23-35-22-33-20-12-13-21-40(33)52-35)37(47-2)25-38(36)48-26-30-14-6-3-7-15-30/h3-22,24-25,39,41-44H,23,26-29H2,1-2H3/t39-,41-,42+,43+,44+/m1/s1. The van der Waals surface area contributed by atoms with Crippen LogP contribution in [-0.4, -0.2) is 45.3 Å². The molecular weight excluding hydrogens is 676 g/mol. The molecule has 6 aromatic rings. The maximum absolute atomic E-state index is 16.7. The second kappa shape index (κ2) is 17.3. The number of rotatable bonds is 15. The molecule has 0 N–H and O–H groups in total. The molecule has 8 heteroatoms. The fourth-order valence-corrected chi connectivity index (χ4v) is 7.79. The van der Waals surface area contributed by atoms with E-state index in [1.807, 2.05) is 97.1 Å². The number of alkyl halides is 1. The topological polar surface area (TPSA) is 55.4 Å². The van der Waals surface area contributed by atoms with E-state index in [0.29, 0.717) is 24.5 Å². The average molecular weight is 719 g/mol. The third kappa shape index (κ3) is 8.55. The van der Waals surface area contributed by atoms with Crippen molar-refractivity contribution in [1.29, 1.82) is 0 Å². The van der Waals surface area contributed by atoms with Gasteiger partial charge in [0, 0.05) is 34.7 Å². The zero-order valence-corrected chi connectivity index (χ0v) is 30.2. The smallest absolute Gasteiger partial charge is 0.157 e. The van der Waals surface area contributed by atoms with Crippen molar-refractivity contribution >= 4 is 21.4 Å². The van der Waals surface area contributed by atoms with Crippen LogP contribution in [0.25, 0.3) is 10.1 Å². The Kier molecular flexibility index (Phi) is 11.9. The molecule has 0 saturated carbocycles. The van der Waals surface area contributed by atoms with Gasteiger partial charge in [-0.05, 0) is 45.8 Å². The quantitative estimate of drug-likeness (QED) is 0.105. The molecule has 1 aliphatic rings. The summed E-state index contributed by atoms with van der Waals surface area (Å²) < 4.78 is 55.9. The molecule has 5 aromatic carbocycles. The molecule has 2 heterocycles. The highest BCUT2D eigenvalue weighted by Crippen LogP contribution is 2.44. The lowest BCUT2D eigenvalue weighted by Crippen LogP contribution is -2.55. The Bertz CT molecular complexity index is 1970. The summed E-state index contributed by atoms with van der Waals surface area (Å²) >= 11 is 1.75. The molecule has 52 heavy (non-hydrogen) atoms. The predicted octanol–water partition coefficient (Wildman–Crippen LogP) is 9.67. The van der Waals surface area contributed by atoms with Crippen LogP contribution in [0.3, 0.4) is 0 Å². The molecule has 1 aliphatic heterocycles. The van der Waals surface area contributed by atoms with Gasteiger partial charge in [-0.3, -0.25) is 0 Å². The molecule has 1 saturated heterocycles. The monoisotopic (exact) mass is 718 g/mol. The molecule has 0 aliphatic carbocycles. The van der Waals surface area contributed by atoms with Gasteiger partial charge in [-0.15, -0.1) is 11.3 Å². The SMILES string of the molecule is COC[C@H]1O[C@@H](c2cc(Cc3cc4ccccc4s3)c(OC)cc2OCc2ccccc2)[C@H](OCc2ccccc2)[C@@H](OCc2ccccc2)[C@@H]1F. The molecule has 1 aromatic heterocycles. The van der Waals surface area contributed by atoms with Gasteiger partial charge in [0.2, 0.25) is 0 Å². The molecular formula is C44H43FO6S. The highest BCUT2D eigenvalue weighted by Gasteiger charge is 2.49. The van der Waals surface area contributed by atoms with E-state index < -0.39 is 30.6 Å². The summed E-state index contributed by atoms with van der Waals surface area (Å²) in [6.07, 6.45) is -4.39. The highest BCUT2D eigenvalue weighted by atomic mass is 32.1. The van der Waals surface area contributed by atoms with Crippen LogP contribution in [-0.2, 0) is 45.2 Å². The van der Waals surface area contributed by atoms with Crippen molar-refractivity contribution in [2.24, 2.45) is 0 Å². The van der Waals surface area contributed by atoms with Gasteiger partial charge < -0.3 is 28.4 Å². The van der Waals surface area contributed by atoms with Gasteiger partial charge in [0.05, 0.1) is 26.9 Å². The molecule has 0 amide bonds. The first-order valence-corrected chi connectivity index (χ1v) is 18.4. The molecule has 6 nitrogen and oxygen atoms in total. The maximum Gasteiger partial charge on any atom is 0.157 e. The van der Waals surface area contributed by atoms with Crippen LogP contribution in [0.2, 0.25) is 0 Å². The van der Waals surface area contributed by atoms with Crippen LogP contribution < -0.4 is 9.47 Å². The molecule has 0 radical (unpaired) electrons. The fourth-order valence-electron chi connectivity index (χ4n) is 6.70. The van der Waals surface area contributed by atoms with Gasteiger partial charge in [-0.2, -0.15) is 0 Å². The lowest BCUT2D eigenvalue weighted by atomic mass is 9.89. The predicted molar refractivity (Wildman–Crippen MR) is 203 cm³/mol.